The highest BCUT2D eigenvalue weighted by molar-refractivity contribution is 6.30. The van der Waals surface area contributed by atoms with Crippen LogP contribution in [-0.4, -0.2) is 32.8 Å². The molecule has 1 aliphatic rings. The first-order chi connectivity index (χ1) is 16.5. The molecule has 1 atom stereocenters. The number of para-hydroxylation sites is 2. The fraction of sp³-hybridized carbons (Fsp3) is 0.120. The van der Waals surface area contributed by atoms with Crippen LogP contribution in [0.25, 0.3) is 11.4 Å². The number of rotatable bonds is 5. The number of halogens is 1. The Kier molecular flexibility index (Phi) is 5.73. The number of hydrogen-bond acceptors (Lipinski definition) is 6. The summed E-state index contributed by atoms with van der Waals surface area (Å²) in [5.74, 6) is 1.31. The zero-order valence-corrected chi connectivity index (χ0v) is 19.2. The first-order valence-electron chi connectivity index (χ1n) is 10.6. The maximum Gasteiger partial charge on any atom is 0.256 e. The number of carbonyl (C=O) groups excluding carboxylic acids is 1. The third kappa shape index (κ3) is 3.99. The summed E-state index contributed by atoms with van der Waals surface area (Å²) in [5, 5.41) is 11.6. The van der Waals surface area contributed by atoms with E-state index >= 15 is 0 Å². The highest BCUT2D eigenvalue weighted by Gasteiger charge is 2.35. The van der Waals surface area contributed by atoms with Crippen LogP contribution in [0.5, 0.6) is 5.75 Å². The first kappa shape index (κ1) is 21.7. The van der Waals surface area contributed by atoms with E-state index in [1.807, 2.05) is 49.4 Å². The van der Waals surface area contributed by atoms with Gasteiger partial charge in [-0.1, -0.05) is 29.8 Å². The summed E-state index contributed by atoms with van der Waals surface area (Å²) in [6.07, 6.45) is 1.69. The van der Waals surface area contributed by atoms with Gasteiger partial charge in [-0.15, -0.1) is 5.10 Å². The van der Waals surface area contributed by atoms with Crippen molar-refractivity contribution in [3.05, 3.63) is 94.9 Å². The summed E-state index contributed by atoms with van der Waals surface area (Å²) < 4.78 is 7.08. The minimum Gasteiger partial charge on any atom is -0.495 e. The molecule has 2 aromatic heterocycles. The highest BCUT2D eigenvalue weighted by atomic mass is 35.5. The van der Waals surface area contributed by atoms with Gasteiger partial charge < -0.3 is 15.4 Å². The summed E-state index contributed by atoms with van der Waals surface area (Å²) in [4.78, 5) is 22.8. The molecule has 5 rings (SSSR count). The molecule has 0 radical (unpaired) electrons. The van der Waals surface area contributed by atoms with Crippen LogP contribution in [0, 0.1) is 0 Å². The monoisotopic (exact) mass is 472 g/mol. The van der Waals surface area contributed by atoms with E-state index < -0.39 is 6.04 Å². The van der Waals surface area contributed by atoms with Crippen molar-refractivity contribution in [2.45, 2.75) is 13.0 Å². The van der Waals surface area contributed by atoms with Crippen LogP contribution in [0.3, 0.4) is 0 Å². The molecule has 4 aromatic rings. The number of allylic oxidation sites excluding steroid dienone is 1. The van der Waals surface area contributed by atoms with E-state index in [2.05, 4.69) is 20.6 Å². The van der Waals surface area contributed by atoms with Gasteiger partial charge in [0.25, 0.3) is 5.91 Å². The maximum absolute atomic E-state index is 13.6. The van der Waals surface area contributed by atoms with Gasteiger partial charge in [-0.2, -0.15) is 4.98 Å². The Bertz CT molecular complexity index is 1380. The molecule has 0 unspecified atom stereocenters. The quantitative estimate of drug-likeness (QED) is 0.427. The number of carbonyl (C=O) groups is 1. The molecule has 2 N–H and O–H groups in total. The van der Waals surface area contributed by atoms with Crippen molar-refractivity contribution in [3.8, 4) is 17.1 Å². The standard InChI is InChI=1S/C25H21ClN6O2/c1-15-21(24(33)29-18-7-3-4-9-20(18)34-2)22(19-8-5-6-14-27-19)32-25(28-15)30-23(31-32)16-10-12-17(26)13-11-16/h3-14,22H,1-2H3,(H,29,33)(H,28,30,31)/t22-/m0/s1. The van der Waals surface area contributed by atoms with Gasteiger partial charge in [0.15, 0.2) is 5.82 Å². The van der Waals surface area contributed by atoms with Crippen LogP contribution < -0.4 is 15.4 Å². The van der Waals surface area contributed by atoms with E-state index in [1.54, 1.807) is 42.3 Å². The molecular weight excluding hydrogens is 452 g/mol. The molecule has 34 heavy (non-hydrogen) atoms. The molecule has 0 fully saturated rings. The molecule has 0 bridgehead atoms. The Balaban J connectivity index is 1.58. The minimum absolute atomic E-state index is 0.292. The van der Waals surface area contributed by atoms with Crippen molar-refractivity contribution in [3.63, 3.8) is 0 Å². The summed E-state index contributed by atoms with van der Waals surface area (Å²) in [5.41, 5.74) is 3.18. The van der Waals surface area contributed by atoms with Crippen molar-refractivity contribution in [1.29, 1.82) is 0 Å². The number of pyridine rings is 1. The molecular formula is C25H21ClN6O2. The number of benzene rings is 2. The SMILES string of the molecule is COc1ccccc1NC(=O)C1=C(C)Nc2nc(-c3ccc(Cl)cc3)nn2[C@H]1c1ccccn1. The van der Waals surface area contributed by atoms with E-state index in [0.717, 1.165) is 5.56 Å². The number of hydrogen-bond donors (Lipinski definition) is 2. The second-order valence-electron chi connectivity index (χ2n) is 7.69. The molecule has 8 nitrogen and oxygen atoms in total. The summed E-state index contributed by atoms with van der Waals surface area (Å²) in [7, 11) is 1.56. The topological polar surface area (TPSA) is 94.0 Å². The number of nitrogens with zero attached hydrogens (tertiary/aromatic N) is 4. The van der Waals surface area contributed by atoms with Crippen LogP contribution in [0.4, 0.5) is 11.6 Å². The molecule has 1 aliphatic heterocycles. The van der Waals surface area contributed by atoms with Crippen molar-refractivity contribution in [2.24, 2.45) is 0 Å². The van der Waals surface area contributed by atoms with Gasteiger partial charge in [0.05, 0.1) is 24.1 Å². The molecule has 1 amide bonds. The summed E-state index contributed by atoms with van der Waals surface area (Å²) in [6.45, 7) is 1.84. The van der Waals surface area contributed by atoms with Crippen LogP contribution in [-0.2, 0) is 4.79 Å². The lowest BCUT2D eigenvalue weighted by Crippen LogP contribution is -2.32. The number of anilines is 2. The number of nitrogens with one attached hydrogen (secondary N) is 2. The third-order valence-electron chi connectivity index (χ3n) is 5.52. The largest absolute Gasteiger partial charge is 0.495 e. The average Bonchev–Trinajstić information content (AvgIpc) is 3.28. The predicted octanol–water partition coefficient (Wildman–Crippen LogP) is 4.93. The first-order valence-corrected chi connectivity index (χ1v) is 11.0. The lowest BCUT2D eigenvalue weighted by Gasteiger charge is -2.28. The lowest BCUT2D eigenvalue weighted by atomic mass is 9.98. The zero-order valence-electron chi connectivity index (χ0n) is 18.5. The van der Waals surface area contributed by atoms with Gasteiger partial charge in [0.2, 0.25) is 5.95 Å². The third-order valence-corrected chi connectivity index (χ3v) is 5.77. The maximum atomic E-state index is 13.6. The smallest absolute Gasteiger partial charge is 0.256 e. The van der Waals surface area contributed by atoms with Gasteiger partial charge >= 0.3 is 0 Å². The molecule has 0 saturated heterocycles. The number of methoxy groups -OCH3 is 1. The Hall–Kier alpha value is -4.17. The van der Waals surface area contributed by atoms with Gasteiger partial charge in [-0.05, 0) is 55.5 Å². The Morgan fingerprint density at radius 2 is 1.85 bits per heavy atom. The van der Waals surface area contributed by atoms with Gasteiger partial charge in [0, 0.05) is 22.5 Å². The number of amides is 1. The van der Waals surface area contributed by atoms with E-state index in [4.69, 9.17) is 21.4 Å². The molecule has 2 aromatic carbocycles. The van der Waals surface area contributed by atoms with Gasteiger partial charge in [0.1, 0.15) is 11.8 Å². The Morgan fingerprint density at radius 1 is 1.09 bits per heavy atom. The van der Waals surface area contributed by atoms with Crippen molar-refractivity contribution in [1.82, 2.24) is 19.7 Å². The van der Waals surface area contributed by atoms with Gasteiger partial charge in [-0.25, -0.2) is 4.68 Å². The lowest BCUT2D eigenvalue weighted by molar-refractivity contribution is -0.113. The Morgan fingerprint density at radius 3 is 2.59 bits per heavy atom. The van der Waals surface area contributed by atoms with Crippen molar-refractivity contribution < 1.29 is 9.53 Å². The molecule has 0 saturated carbocycles. The fourth-order valence-corrected chi connectivity index (χ4v) is 4.04. The summed E-state index contributed by atoms with van der Waals surface area (Å²) >= 11 is 6.04. The zero-order chi connectivity index (χ0) is 23.7. The van der Waals surface area contributed by atoms with Crippen LogP contribution in [0.15, 0.2) is 84.2 Å². The minimum atomic E-state index is -0.583. The molecule has 9 heteroatoms. The second-order valence-corrected chi connectivity index (χ2v) is 8.12. The average molecular weight is 473 g/mol. The van der Waals surface area contributed by atoms with Gasteiger partial charge in [-0.3, -0.25) is 9.78 Å². The number of aromatic nitrogens is 4. The number of fused-ring (bicyclic) bond motifs is 1. The number of ether oxygens (including phenoxy) is 1. The van der Waals surface area contributed by atoms with E-state index in [0.29, 0.717) is 45.2 Å². The molecule has 3 heterocycles. The van der Waals surface area contributed by atoms with Crippen molar-refractivity contribution in [2.75, 3.05) is 17.7 Å². The van der Waals surface area contributed by atoms with Crippen LogP contribution in [0.2, 0.25) is 5.02 Å². The second kappa shape index (κ2) is 8.99. The van der Waals surface area contributed by atoms with E-state index in [-0.39, 0.29) is 5.91 Å². The molecule has 0 spiro atoms. The van der Waals surface area contributed by atoms with E-state index in [1.165, 1.54) is 0 Å². The summed E-state index contributed by atoms with van der Waals surface area (Å²) in [6, 6.07) is 19.5. The van der Waals surface area contributed by atoms with Crippen molar-refractivity contribution >= 4 is 29.1 Å². The molecule has 170 valence electrons. The van der Waals surface area contributed by atoms with Crippen LogP contribution in [0.1, 0.15) is 18.7 Å². The predicted molar refractivity (Wildman–Crippen MR) is 131 cm³/mol. The van der Waals surface area contributed by atoms with Crippen LogP contribution >= 0.6 is 11.6 Å². The molecule has 0 aliphatic carbocycles. The normalized spacial score (nSPS) is 14.9. The highest BCUT2D eigenvalue weighted by Crippen LogP contribution is 2.36. The fourth-order valence-electron chi connectivity index (χ4n) is 3.92. The van der Waals surface area contributed by atoms with E-state index in [9.17, 15) is 4.79 Å². The Labute approximate surface area is 201 Å².